The molecule has 32 heavy (non-hydrogen) atoms. The monoisotopic (exact) mass is 433 g/mol. The number of para-hydroxylation sites is 2. The summed E-state index contributed by atoms with van der Waals surface area (Å²) in [7, 11) is 0. The first-order valence-electron chi connectivity index (χ1n) is 11.7. The molecule has 3 aromatic rings. The van der Waals surface area contributed by atoms with Crippen LogP contribution in [0.2, 0.25) is 0 Å². The van der Waals surface area contributed by atoms with Crippen molar-refractivity contribution in [1.29, 1.82) is 0 Å². The minimum atomic E-state index is -0.0268. The maximum atomic E-state index is 12.6. The van der Waals surface area contributed by atoms with Crippen LogP contribution in [-0.4, -0.2) is 51.2 Å². The Kier molecular flexibility index (Phi) is 5.72. The molecule has 7 heteroatoms. The molecule has 2 fully saturated rings. The predicted octanol–water partition coefficient (Wildman–Crippen LogP) is 4.19. The summed E-state index contributed by atoms with van der Waals surface area (Å²) in [6.07, 6.45) is 4.54. The van der Waals surface area contributed by atoms with Crippen molar-refractivity contribution in [1.82, 2.24) is 24.8 Å². The summed E-state index contributed by atoms with van der Waals surface area (Å²) in [6.45, 7) is 6.46. The van der Waals surface area contributed by atoms with Crippen LogP contribution in [0, 0.1) is 18.8 Å². The Bertz CT molecular complexity index is 1080. The zero-order valence-corrected chi connectivity index (χ0v) is 18.8. The first-order chi connectivity index (χ1) is 15.6. The lowest BCUT2D eigenvalue weighted by Crippen LogP contribution is -2.40. The molecule has 0 spiro atoms. The number of aryl methyl sites for hydroxylation is 1. The summed E-state index contributed by atoms with van der Waals surface area (Å²) >= 11 is 0. The highest BCUT2D eigenvalue weighted by Gasteiger charge is 2.45. The number of hydrogen-bond donors (Lipinski definition) is 1. The van der Waals surface area contributed by atoms with E-state index in [-0.39, 0.29) is 18.2 Å². The molecular weight excluding hydrogens is 402 g/mol. The van der Waals surface area contributed by atoms with E-state index in [1.807, 2.05) is 29.2 Å². The van der Waals surface area contributed by atoms with Gasteiger partial charge in [-0.25, -0.2) is 14.8 Å². The van der Waals surface area contributed by atoms with Crippen LogP contribution in [0.15, 0.2) is 48.7 Å². The van der Waals surface area contributed by atoms with Crippen molar-refractivity contribution in [2.75, 3.05) is 19.6 Å². The van der Waals surface area contributed by atoms with Crippen LogP contribution in [0.25, 0.3) is 11.0 Å². The van der Waals surface area contributed by atoms with E-state index in [2.05, 4.69) is 46.9 Å². The van der Waals surface area contributed by atoms with Gasteiger partial charge in [0.1, 0.15) is 11.9 Å². The number of imidazole rings is 1. The molecule has 4 atom stereocenters. The normalized spacial score (nSPS) is 25.0. The van der Waals surface area contributed by atoms with Gasteiger partial charge in [0.2, 0.25) is 5.88 Å². The number of amides is 2. The quantitative estimate of drug-likeness (QED) is 0.655. The Morgan fingerprint density at radius 2 is 1.91 bits per heavy atom. The molecule has 0 unspecified atom stereocenters. The third kappa shape index (κ3) is 3.92. The Morgan fingerprint density at radius 3 is 2.69 bits per heavy atom. The number of carbonyl (C=O) groups excluding carboxylic acids is 1. The molecule has 1 N–H and O–H groups in total. The van der Waals surface area contributed by atoms with E-state index in [9.17, 15) is 4.79 Å². The Hall–Kier alpha value is -3.09. The average Bonchev–Trinajstić information content (AvgIpc) is 3.37. The number of likely N-dealkylation sites (tertiary alicyclic amines) is 1. The molecule has 2 aromatic heterocycles. The summed E-state index contributed by atoms with van der Waals surface area (Å²) in [5.74, 6) is 2.54. The second-order valence-electron chi connectivity index (χ2n) is 9.04. The van der Waals surface area contributed by atoms with Gasteiger partial charge in [-0.3, -0.25) is 0 Å². The maximum absolute atomic E-state index is 12.6. The topological polar surface area (TPSA) is 72.3 Å². The van der Waals surface area contributed by atoms with E-state index in [1.54, 1.807) is 6.20 Å². The van der Waals surface area contributed by atoms with Crippen LogP contribution >= 0.6 is 0 Å². The highest BCUT2D eigenvalue weighted by molar-refractivity contribution is 5.76. The van der Waals surface area contributed by atoms with Gasteiger partial charge >= 0.3 is 6.03 Å². The van der Waals surface area contributed by atoms with Gasteiger partial charge in [-0.05, 0) is 56.2 Å². The number of fused-ring (bicyclic) bond motifs is 2. The molecule has 5 rings (SSSR count). The van der Waals surface area contributed by atoms with Gasteiger partial charge in [0.15, 0.2) is 0 Å². The fraction of sp³-hybridized carbons (Fsp3) is 0.480. The molecule has 2 aliphatic rings. The van der Waals surface area contributed by atoms with Gasteiger partial charge < -0.3 is 19.5 Å². The summed E-state index contributed by atoms with van der Waals surface area (Å²) in [5.41, 5.74) is 2.15. The van der Waals surface area contributed by atoms with Crippen molar-refractivity contribution < 1.29 is 9.53 Å². The maximum Gasteiger partial charge on any atom is 0.317 e. The van der Waals surface area contributed by atoms with Crippen LogP contribution in [0.4, 0.5) is 4.79 Å². The van der Waals surface area contributed by atoms with Crippen LogP contribution < -0.4 is 10.1 Å². The number of hydrogen-bond acceptors (Lipinski definition) is 4. The Morgan fingerprint density at radius 1 is 1.12 bits per heavy atom. The number of carbonyl (C=O) groups is 1. The molecule has 3 heterocycles. The van der Waals surface area contributed by atoms with Gasteiger partial charge in [0.05, 0.1) is 17.1 Å². The number of rotatable bonds is 5. The molecular formula is C25H31N5O2. The van der Waals surface area contributed by atoms with Crippen molar-refractivity contribution in [2.24, 2.45) is 11.8 Å². The number of ether oxygens (including phenoxy) is 1. The summed E-state index contributed by atoms with van der Waals surface area (Å²) < 4.78 is 8.83. The van der Waals surface area contributed by atoms with Crippen molar-refractivity contribution in [3.63, 3.8) is 0 Å². The predicted molar refractivity (Wildman–Crippen MR) is 124 cm³/mol. The number of urea groups is 1. The number of nitrogens with one attached hydrogen (secondary N) is 1. The van der Waals surface area contributed by atoms with Gasteiger partial charge in [-0.2, -0.15) is 0 Å². The average molecular weight is 434 g/mol. The van der Waals surface area contributed by atoms with Crippen LogP contribution in [-0.2, 0) is 0 Å². The van der Waals surface area contributed by atoms with Gasteiger partial charge in [-0.1, -0.05) is 25.1 Å². The van der Waals surface area contributed by atoms with Crippen molar-refractivity contribution >= 4 is 17.1 Å². The SMILES string of the molecule is CCCNC(=O)N1C[C@H]2C[C@H](Oc3ccccn3)[C@@H](n3c(C)nc4ccccc43)C[C@H]2C1. The molecule has 0 bridgehead atoms. The van der Waals surface area contributed by atoms with Gasteiger partial charge in [0.25, 0.3) is 0 Å². The van der Waals surface area contributed by atoms with Crippen molar-refractivity contribution in [2.45, 2.75) is 45.3 Å². The number of aromatic nitrogens is 3. The minimum Gasteiger partial charge on any atom is -0.472 e. The first kappa shape index (κ1) is 20.8. The molecule has 7 nitrogen and oxygen atoms in total. The number of benzene rings is 1. The molecule has 1 aliphatic carbocycles. The van der Waals surface area contributed by atoms with E-state index in [0.29, 0.717) is 17.7 Å². The van der Waals surface area contributed by atoms with Gasteiger partial charge in [-0.15, -0.1) is 0 Å². The lowest BCUT2D eigenvalue weighted by molar-refractivity contribution is 0.0522. The summed E-state index contributed by atoms with van der Waals surface area (Å²) in [6, 6.07) is 14.3. The van der Waals surface area contributed by atoms with E-state index < -0.39 is 0 Å². The molecule has 1 saturated carbocycles. The number of nitrogens with zero attached hydrogens (tertiary/aromatic N) is 4. The second kappa shape index (κ2) is 8.81. The molecule has 2 amide bonds. The minimum absolute atomic E-state index is 0.0268. The molecule has 0 radical (unpaired) electrons. The molecule has 1 saturated heterocycles. The van der Waals surface area contributed by atoms with Gasteiger partial charge in [0, 0.05) is 31.9 Å². The molecule has 1 aliphatic heterocycles. The zero-order chi connectivity index (χ0) is 22.1. The second-order valence-corrected chi connectivity index (χ2v) is 9.04. The molecule has 1 aromatic carbocycles. The van der Waals surface area contributed by atoms with Crippen molar-refractivity contribution in [3.8, 4) is 5.88 Å². The number of pyridine rings is 1. The van der Waals surface area contributed by atoms with E-state index in [4.69, 9.17) is 9.72 Å². The third-order valence-electron chi connectivity index (χ3n) is 6.91. The van der Waals surface area contributed by atoms with Crippen LogP contribution in [0.5, 0.6) is 5.88 Å². The fourth-order valence-corrected chi connectivity index (χ4v) is 5.45. The zero-order valence-electron chi connectivity index (χ0n) is 18.8. The highest BCUT2D eigenvalue weighted by atomic mass is 16.5. The Balaban J connectivity index is 1.45. The van der Waals surface area contributed by atoms with Crippen molar-refractivity contribution in [3.05, 3.63) is 54.5 Å². The molecule has 168 valence electrons. The van der Waals surface area contributed by atoms with Crippen LogP contribution in [0.1, 0.15) is 38.1 Å². The summed E-state index contributed by atoms with van der Waals surface area (Å²) in [5, 5.41) is 3.04. The van der Waals surface area contributed by atoms with E-state index in [0.717, 1.165) is 55.8 Å². The first-order valence-corrected chi connectivity index (χ1v) is 11.7. The smallest absolute Gasteiger partial charge is 0.317 e. The van der Waals surface area contributed by atoms with E-state index in [1.165, 1.54) is 0 Å². The van der Waals surface area contributed by atoms with E-state index >= 15 is 0 Å². The lowest BCUT2D eigenvalue weighted by atomic mass is 9.77. The fourth-order valence-electron chi connectivity index (χ4n) is 5.45. The summed E-state index contributed by atoms with van der Waals surface area (Å²) in [4.78, 5) is 23.8. The largest absolute Gasteiger partial charge is 0.472 e. The third-order valence-corrected chi connectivity index (χ3v) is 6.91. The van der Waals surface area contributed by atoms with Crippen LogP contribution in [0.3, 0.4) is 0 Å². The highest BCUT2D eigenvalue weighted by Crippen LogP contribution is 2.44. The standard InChI is InChI=1S/C25H31N5O2/c1-3-11-27-25(31)29-15-18-13-22(30-17(2)28-20-8-4-5-9-21(20)30)23(14-19(18)16-29)32-24-10-6-7-12-26-24/h4-10,12,18-19,22-23H,3,11,13-16H2,1-2H3,(H,27,31)/t18-,19+,22-,23-/m0/s1. The lowest BCUT2D eigenvalue weighted by Gasteiger charge is -2.39. The Labute approximate surface area is 188 Å².